The van der Waals surface area contributed by atoms with Gasteiger partial charge in [-0.1, -0.05) is 15.9 Å². The van der Waals surface area contributed by atoms with Crippen molar-refractivity contribution in [3.8, 4) is 5.75 Å². The number of benzene rings is 1. The van der Waals surface area contributed by atoms with Crippen LogP contribution in [0, 0.1) is 6.07 Å². The first kappa shape index (κ1) is 8.46. The molecule has 11 heavy (non-hydrogen) atoms. The van der Waals surface area contributed by atoms with E-state index in [1.807, 2.05) is 0 Å². The highest BCUT2D eigenvalue weighted by atomic mass is 79.9. The molecule has 59 valence electrons. The van der Waals surface area contributed by atoms with Crippen LogP contribution in [0.25, 0.3) is 0 Å². The Hall–Kier alpha value is -0.640. The molecule has 0 saturated heterocycles. The molecule has 1 nitrogen and oxygen atoms in total. The van der Waals surface area contributed by atoms with Gasteiger partial charge in [-0.3, -0.25) is 0 Å². The first-order valence-corrected chi connectivity index (χ1v) is 3.60. The zero-order valence-electron chi connectivity index (χ0n) is 5.35. The quantitative estimate of drug-likeness (QED) is 0.747. The number of halogens is 3. The Labute approximate surface area is 71.1 Å². The van der Waals surface area contributed by atoms with Crippen LogP contribution >= 0.6 is 15.9 Å². The summed E-state index contributed by atoms with van der Waals surface area (Å²) in [5.41, 5.74) is 0. The molecule has 0 saturated carbocycles. The third-order valence-corrected chi connectivity index (χ3v) is 1.46. The molecule has 1 aromatic carbocycles. The van der Waals surface area contributed by atoms with Gasteiger partial charge >= 0.3 is 6.61 Å². The smallest absolute Gasteiger partial charge is 0.387 e. The molecule has 0 bridgehead atoms. The number of ether oxygens (including phenoxy) is 1. The van der Waals surface area contributed by atoms with Crippen molar-refractivity contribution in [1.29, 1.82) is 0 Å². The fraction of sp³-hybridized carbons (Fsp3) is 0.143. The molecule has 0 aliphatic carbocycles. The highest BCUT2D eigenvalue weighted by Crippen LogP contribution is 2.16. The molecule has 0 aromatic heterocycles. The fourth-order valence-electron chi connectivity index (χ4n) is 0.568. The predicted octanol–water partition coefficient (Wildman–Crippen LogP) is 2.85. The van der Waals surface area contributed by atoms with Crippen molar-refractivity contribution < 1.29 is 13.5 Å². The Kier molecular flexibility index (Phi) is 2.82. The summed E-state index contributed by atoms with van der Waals surface area (Å²) in [4.78, 5) is 0. The molecule has 4 heteroatoms. The molecule has 0 unspecified atom stereocenters. The van der Waals surface area contributed by atoms with Crippen LogP contribution in [0.15, 0.2) is 22.7 Å². The summed E-state index contributed by atoms with van der Waals surface area (Å²) in [6, 6.07) is 7.03. The van der Waals surface area contributed by atoms with Gasteiger partial charge in [0.25, 0.3) is 0 Å². The maximum atomic E-state index is 11.6. The second-order valence-electron chi connectivity index (χ2n) is 1.75. The van der Waals surface area contributed by atoms with Gasteiger partial charge in [-0.05, 0) is 18.2 Å². The molecular formula is C7H4BrF2O. The topological polar surface area (TPSA) is 9.23 Å². The second kappa shape index (κ2) is 3.67. The van der Waals surface area contributed by atoms with Gasteiger partial charge in [0.2, 0.25) is 0 Å². The number of hydrogen-bond acceptors (Lipinski definition) is 1. The van der Waals surface area contributed by atoms with Crippen LogP contribution in [0.2, 0.25) is 0 Å². The van der Waals surface area contributed by atoms with Gasteiger partial charge in [0, 0.05) is 10.5 Å². The van der Waals surface area contributed by atoms with E-state index in [-0.39, 0.29) is 5.75 Å². The number of rotatable bonds is 2. The monoisotopic (exact) mass is 221 g/mol. The lowest BCUT2D eigenvalue weighted by Crippen LogP contribution is -2.01. The lowest BCUT2D eigenvalue weighted by Gasteiger charge is -2.02. The van der Waals surface area contributed by atoms with Gasteiger partial charge in [0.05, 0.1) is 0 Å². The highest BCUT2D eigenvalue weighted by molar-refractivity contribution is 9.10. The van der Waals surface area contributed by atoms with Crippen molar-refractivity contribution in [2.75, 3.05) is 0 Å². The standard InChI is InChI=1S/C7H4BrF2O/c8-5-1-3-6(4-2-5)11-7(9)10/h1,3-4,7H. The Morgan fingerprint density at radius 3 is 2.64 bits per heavy atom. The fourth-order valence-corrected chi connectivity index (χ4v) is 0.814. The first-order valence-electron chi connectivity index (χ1n) is 2.80. The minimum absolute atomic E-state index is 0.114. The van der Waals surface area contributed by atoms with Crippen LogP contribution in [0.4, 0.5) is 8.78 Å². The summed E-state index contributed by atoms with van der Waals surface area (Å²) in [6.07, 6.45) is 0. The average Bonchev–Trinajstić information content (AvgIpc) is 1.93. The van der Waals surface area contributed by atoms with Crippen LogP contribution in [-0.4, -0.2) is 6.61 Å². The molecule has 0 fully saturated rings. The Morgan fingerprint density at radius 2 is 2.18 bits per heavy atom. The molecular weight excluding hydrogens is 218 g/mol. The number of alkyl halides is 2. The van der Waals surface area contributed by atoms with Crippen LogP contribution in [0.3, 0.4) is 0 Å². The lowest BCUT2D eigenvalue weighted by atomic mass is 10.3. The molecule has 0 heterocycles. The summed E-state index contributed by atoms with van der Waals surface area (Å²) in [7, 11) is 0. The summed E-state index contributed by atoms with van der Waals surface area (Å²) in [5.74, 6) is 0.114. The Balaban J connectivity index is 2.66. The van der Waals surface area contributed by atoms with E-state index in [9.17, 15) is 8.78 Å². The third-order valence-electron chi connectivity index (χ3n) is 0.971. The molecule has 0 aliphatic rings. The number of hydrogen-bond donors (Lipinski definition) is 0. The lowest BCUT2D eigenvalue weighted by molar-refractivity contribution is -0.0498. The van der Waals surface area contributed by atoms with Gasteiger partial charge in [-0.15, -0.1) is 0 Å². The molecule has 0 aliphatic heterocycles. The van der Waals surface area contributed by atoms with Gasteiger partial charge in [-0.25, -0.2) is 0 Å². The largest absolute Gasteiger partial charge is 0.435 e. The van der Waals surface area contributed by atoms with E-state index in [0.29, 0.717) is 4.47 Å². The predicted molar refractivity (Wildman–Crippen MR) is 39.6 cm³/mol. The van der Waals surface area contributed by atoms with Gasteiger partial charge < -0.3 is 4.74 Å². The van der Waals surface area contributed by atoms with E-state index in [1.54, 1.807) is 6.07 Å². The van der Waals surface area contributed by atoms with Crippen molar-refractivity contribution in [1.82, 2.24) is 0 Å². The molecule has 0 N–H and O–H groups in total. The first-order chi connectivity index (χ1) is 5.18. The molecule has 1 radical (unpaired) electrons. The molecule has 1 rings (SSSR count). The molecule has 0 spiro atoms. The van der Waals surface area contributed by atoms with Crippen molar-refractivity contribution in [2.24, 2.45) is 0 Å². The van der Waals surface area contributed by atoms with Crippen molar-refractivity contribution in [3.05, 3.63) is 28.7 Å². The summed E-state index contributed by atoms with van der Waals surface area (Å²) in [6.45, 7) is -2.77. The minimum atomic E-state index is -2.77. The zero-order valence-corrected chi connectivity index (χ0v) is 6.94. The van der Waals surface area contributed by atoms with Gasteiger partial charge in [0.1, 0.15) is 5.75 Å². The van der Waals surface area contributed by atoms with Crippen LogP contribution < -0.4 is 4.74 Å². The van der Waals surface area contributed by atoms with Crippen LogP contribution in [0.5, 0.6) is 5.75 Å². The summed E-state index contributed by atoms with van der Waals surface area (Å²) >= 11 is 3.11. The minimum Gasteiger partial charge on any atom is -0.435 e. The molecule has 0 amide bonds. The summed E-state index contributed by atoms with van der Waals surface area (Å²) in [5, 5.41) is 0. The van der Waals surface area contributed by atoms with E-state index >= 15 is 0 Å². The van der Waals surface area contributed by atoms with Gasteiger partial charge in [0.15, 0.2) is 0 Å². The Morgan fingerprint density at radius 1 is 1.45 bits per heavy atom. The third kappa shape index (κ3) is 2.84. The maximum Gasteiger partial charge on any atom is 0.387 e. The highest BCUT2D eigenvalue weighted by Gasteiger charge is 2.02. The normalized spacial score (nSPS) is 10.2. The molecule has 0 atom stereocenters. The average molecular weight is 222 g/mol. The van der Waals surface area contributed by atoms with E-state index < -0.39 is 6.61 Å². The molecule has 1 aromatic rings. The second-order valence-corrected chi connectivity index (χ2v) is 2.61. The SMILES string of the molecule is FC(F)Oc1c[c]c(Br)cc1. The van der Waals surface area contributed by atoms with Crippen LogP contribution in [-0.2, 0) is 0 Å². The van der Waals surface area contributed by atoms with Gasteiger partial charge in [-0.2, -0.15) is 8.78 Å². The van der Waals surface area contributed by atoms with Crippen molar-refractivity contribution in [3.63, 3.8) is 0 Å². The van der Waals surface area contributed by atoms with E-state index in [1.165, 1.54) is 12.1 Å². The van der Waals surface area contributed by atoms with Crippen molar-refractivity contribution >= 4 is 15.9 Å². The van der Waals surface area contributed by atoms with Crippen LogP contribution in [0.1, 0.15) is 0 Å². The van der Waals surface area contributed by atoms with Crippen molar-refractivity contribution in [2.45, 2.75) is 6.61 Å². The van der Waals surface area contributed by atoms with E-state index in [4.69, 9.17) is 0 Å². The zero-order chi connectivity index (χ0) is 8.27. The van der Waals surface area contributed by atoms with E-state index in [0.717, 1.165) is 0 Å². The van der Waals surface area contributed by atoms with E-state index in [2.05, 4.69) is 26.7 Å². The Bertz CT molecular complexity index is 222. The summed E-state index contributed by atoms with van der Waals surface area (Å²) < 4.78 is 27.9. The maximum absolute atomic E-state index is 11.6.